The number of nitrogens with one attached hydrogen (secondary N) is 2. The molecule has 7 heteroatoms. The smallest absolute Gasteiger partial charge is 0.191 e. The van der Waals surface area contributed by atoms with Crippen molar-refractivity contribution in [2.75, 3.05) is 20.1 Å². The Labute approximate surface area is 169 Å². The molecule has 0 amide bonds. The van der Waals surface area contributed by atoms with Crippen molar-refractivity contribution in [2.24, 2.45) is 4.99 Å². The van der Waals surface area contributed by atoms with Crippen molar-refractivity contribution in [1.29, 1.82) is 0 Å². The molecule has 0 radical (unpaired) electrons. The second kappa shape index (κ2) is 9.76. The highest BCUT2D eigenvalue weighted by atomic mass is 127. The summed E-state index contributed by atoms with van der Waals surface area (Å²) in [7, 11) is 1.80. The first-order chi connectivity index (χ1) is 11.8. The fourth-order valence-corrected chi connectivity index (χ4v) is 3.32. The molecule has 0 unspecified atom stereocenters. The lowest BCUT2D eigenvalue weighted by Gasteiger charge is -2.10. The van der Waals surface area contributed by atoms with Crippen molar-refractivity contribution in [3.05, 3.63) is 58.2 Å². The first-order valence-corrected chi connectivity index (χ1v) is 9.04. The topological polar surface area (TPSA) is 53.7 Å². The number of hydrogen-bond donors (Lipinski definition) is 2. The average Bonchev–Trinajstić information content (AvgIpc) is 3.23. The molecule has 3 aromatic rings. The molecule has 0 aliphatic heterocycles. The predicted molar refractivity (Wildman–Crippen MR) is 116 cm³/mol. The molecule has 0 aromatic carbocycles. The van der Waals surface area contributed by atoms with Gasteiger partial charge < -0.3 is 15.0 Å². The molecule has 25 heavy (non-hydrogen) atoms. The fourth-order valence-electron chi connectivity index (χ4n) is 2.61. The SMILES string of the molecule is CN=C(NCCc1cn2cccc(C)c2n1)NCCc1cccs1.I. The van der Waals surface area contributed by atoms with Gasteiger partial charge in [0.05, 0.1) is 5.69 Å². The number of halogens is 1. The molecule has 2 N–H and O–H groups in total. The van der Waals surface area contributed by atoms with Crippen molar-refractivity contribution in [1.82, 2.24) is 20.0 Å². The van der Waals surface area contributed by atoms with Crippen LogP contribution in [0.1, 0.15) is 16.1 Å². The summed E-state index contributed by atoms with van der Waals surface area (Å²) >= 11 is 1.79. The van der Waals surface area contributed by atoms with E-state index in [1.54, 1.807) is 18.4 Å². The highest BCUT2D eigenvalue weighted by molar-refractivity contribution is 14.0. The van der Waals surface area contributed by atoms with E-state index in [0.717, 1.165) is 43.2 Å². The van der Waals surface area contributed by atoms with E-state index in [0.29, 0.717) is 0 Å². The van der Waals surface area contributed by atoms with E-state index in [-0.39, 0.29) is 24.0 Å². The van der Waals surface area contributed by atoms with Crippen molar-refractivity contribution in [3.8, 4) is 0 Å². The lowest BCUT2D eigenvalue weighted by molar-refractivity contribution is 0.781. The second-order valence-electron chi connectivity index (χ2n) is 5.66. The Balaban J connectivity index is 0.00000225. The van der Waals surface area contributed by atoms with Crippen LogP contribution in [0.5, 0.6) is 0 Å². The molecule has 0 saturated carbocycles. The summed E-state index contributed by atoms with van der Waals surface area (Å²) < 4.78 is 2.08. The van der Waals surface area contributed by atoms with E-state index < -0.39 is 0 Å². The Morgan fingerprint density at radius 3 is 2.68 bits per heavy atom. The summed E-state index contributed by atoms with van der Waals surface area (Å²) in [4.78, 5) is 10.3. The lowest BCUT2D eigenvalue weighted by atomic mass is 10.3. The van der Waals surface area contributed by atoms with Gasteiger partial charge in [0.2, 0.25) is 0 Å². The van der Waals surface area contributed by atoms with Gasteiger partial charge in [-0.1, -0.05) is 12.1 Å². The van der Waals surface area contributed by atoms with E-state index in [4.69, 9.17) is 4.98 Å². The first-order valence-electron chi connectivity index (χ1n) is 8.16. The summed E-state index contributed by atoms with van der Waals surface area (Å²) in [5.41, 5.74) is 3.32. The normalized spacial score (nSPS) is 11.4. The number of fused-ring (bicyclic) bond motifs is 1. The summed E-state index contributed by atoms with van der Waals surface area (Å²) in [5.74, 6) is 0.839. The van der Waals surface area contributed by atoms with Gasteiger partial charge in [-0.15, -0.1) is 35.3 Å². The van der Waals surface area contributed by atoms with E-state index >= 15 is 0 Å². The summed E-state index contributed by atoms with van der Waals surface area (Å²) in [6.07, 6.45) is 6.02. The number of hydrogen-bond acceptors (Lipinski definition) is 3. The summed E-state index contributed by atoms with van der Waals surface area (Å²) in [5, 5.41) is 8.81. The van der Waals surface area contributed by atoms with Crippen molar-refractivity contribution in [2.45, 2.75) is 19.8 Å². The standard InChI is InChI=1S/C18H23N5S.HI/c1-14-5-3-11-23-13-15(22-17(14)23)7-9-20-18(19-2)21-10-8-16-6-4-12-24-16;/h3-6,11-13H,7-10H2,1-2H3,(H2,19,20,21);1H. The maximum absolute atomic E-state index is 4.69. The number of guanidine groups is 1. The van der Waals surface area contributed by atoms with Crippen LogP contribution in [0.25, 0.3) is 5.65 Å². The molecule has 0 atom stereocenters. The highest BCUT2D eigenvalue weighted by Crippen LogP contribution is 2.10. The van der Waals surface area contributed by atoms with Gasteiger partial charge >= 0.3 is 0 Å². The molecular formula is C18H24IN5S. The Morgan fingerprint density at radius 1 is 1.20 bits per heavy atom. The molecule has 3 heterocycles. The number of aliphatic imine (C=N–C) groups is 1. The Hall–Kier alpha value is -1.61. The van der Waals surface area contributed by atoms with E-state index in [1.807, 2.05) is 12.3 Å². The molecule has 3 aromatic heterocycles. The van der Waals surface area contributed by atoms with Gasteiger partial charge in [0.1, 0.15) is 5.65 Å². The zero-order valence-corrected chi connectivity index (χ0v) is 17.7. The molecule has 134 valence electrons. The fraction of sp³-hybridized carbons (Fsp3) is 0.333. The maximum atomic E-state index is 4.69. The minimum absolute atomic E-state index is 0. The Morgan fingerprint density at radius 2 is 2.00 bits per heavy atom. The third-order valence-corrected chi connectivity index (χ3v) is 4.81. The Bertz CT molecular complexity index is 810. The molecule has 5 nitrogen and oxygen atoms in total. The van der Waals surface area contributed by atoms with Crippen LogP contribution >= 0.6 is 35.3 Å². The van der Waals surface area contributed by atoms with Gasteiger partial charge in [0.25, 0.3) is 0 Å². The largest absolute Gasteiger partial charge is 0.356 e. The summed E-state index contributed by atoms with van der Waals surface area (Å²) in [6.45, 7) is 3.78. The van der Waals surface area contributed by atoms with Gasteiger partial charge in [-0.2, -0.15) is 0 Å². The molecule has 0 aliphatic carbocycles. The number of aryl methyl sites for hydroxylation is 1. The third kappa shape index (κ3) is 5.43. The van der Waals surface area contributed by atoms with Crippen LogP contribution in [0, 0.1) is 6.92 Å². The molecule has 0 spiro atoms. The number of rotatable bonds is 6. The van der Waals surface area contributed by atoms with Gasteiger partial charge in [0, 0.05) is 43.8 Å². The van der Waals surface area contributed by atoms with Crippen LogP contribution in [-0.2, 0) is 12.8 Å². The van der Waals surface area contributed by atoms with Gasteiger partial charge in [-0.05, 0) is 36.4 Å². The van der Waals surface area contributed by atoms with Crippen LogP contribution in [0.3, 0.4) is 0 Å². The van der Waals surface area contributed by atoms with Crippen LogP contribution in [0.4, 0.5) is 0 Å². The van der Waals surface area contributed by atoms with E-state index in [1.165, 1.54) is 10.4 Å². The average molecular weight is 469 g/mol. The molecular weight excluding hydrogens is 445 g/mol. The van der Waals surface area contributed by atoms with Crippen molar-refractivity contribution < 1.29 is 0 Å². The molecule has 0 bridgehead atoms. The van der Waals surface area contributed by atoms with Gasteiger partial charge in [-0.25, -0.2) is 4.98 Å². The Kier molecular flexibility index (Phi) is 7.70. The minimum Gasteiger partial charge on any atom is -0.356 e. The number of aromatic nitrogens is 2. The molecule has 3 rings (SSSR count). The highest BCUT2D eigenvalue weighted by Gasteiger charge is 2.04. The van der Waals surface area contributed by atoms with Gasteiger partial charge in [0.15, 0.2) is 5.96 Å². The molecule has 0 fully saturated rings. The van der Waals surface area contributed by atoms with Crippen LogP contribution in [-0.4, -0.2) is 35.5 Å². The van der Waals surface area contributed by atoms with Crippen LogP contribution in [0.15, 0.2) is 47.0 Å². The second-order valence-corrected chi connectivity index (χ2v) is 6.69. The van der Waals surface area contributed by atoms with Crippen LogP contribution in [0.2, 0.25) is 0 Å². The van der Waals surface area contributed by atoms with Crippen molar-refractivity contribution in [3.63, 3.8) is 0 Å². The quantitative estimate of drug-likeness (QED) is 0.331. The zero-order chi connectivity index (χ0) is 16.8. The summed E-state index contributed by atoms with van der Waals surface area (Å²) in [6, 6.07) is 8.38. The van der Waals surface area contributed by atoms with E-state index in [2.05, 4.69) is 56.7 Å². The minimum atomic E-state index is 0. The lowest BCUT2D eigenvalue weighted by Crippen LogP contribution is -2.39. The number of nitrogens with zero attached hydrogens (tertiary/aromatic N) is 3. The zero-order valence-electron chi connectivity index (χ0n) is 14.5. The van der Waals surface area contributed by atoms with E-state index in [9.17, 15) is 0 Å². The molecule has 0 saturated heterocycles. The molecule has 0 aliphatic rings. The predicted octanol–water partition coefficient (Wildman–Crippen LogP) is 3.27. The monoisotopic (exact) mass is 469 g/mol. The first kappa shape index (κ1) is 19.7. The van der Waals surface area contributed by atoms with Crippen molar-refractivity contribution >= 4 is 46.9 Å². The maximum Gasteiger partial charge on any atom is 0.191 e. The van der Waals surface area contributed by atoms with Gasteiger partial charge in [-0.3, -0.25) is 4.99 Å². The third-order valence-electron chi connectivity index (χ3n) is 3.87. The van der Waals surface area contributed by atoms with Crippen LogP contribution < -0.4 is 10.6 Å². The number of thiophene rings is 1. The number of imidazole rings is 1. The number of pyridine rings is 1.